The molecule has 0 aromatic carbocycles. The van der Waals surface area contributed by atoms with E-state index in [1.165, 1.54) is 0 Å². The Bertz CT molecular complexity index is 1040. The van der Waals surface area contributed by atoms with Crippen molar-refractivity contribution in [3.8, 4) is 6.01 Å². The molecule has 0 bridgehead atoms. The van der Waals surface area contributed by atoms with E-state index in [0.717, 1.165) is 18.5 Å². The Kier molecular flexibility index (Phi) is 6.48. The number of hydrogen-bond donors (Lipinski definition) is 1. The topological polar surface area (TPSA) is 124 Å². The summed E-state index contributed by atoms with van der Waals surface area (Å²) in [5.41, 5.74) is 6.37. The number of rotatable bonds is 9. The van der Waals surface area contributed by atoms with Crippen LogP contribution in [0.25, 0.3) is 0 Å². The summed E-state index contributed by atoms with van der Waals surface area (Å²) in [6, 6.07) is 5.11. The first-order valence-corrected chi connectivity index (χ1v) is 11.1. The summed E-state index contributed by atoms with van der Waals surface area (Å²) in [5, 5.41) is 0. The highest BCUT2D eigenvalue weighted by atomic mass is 19.3. The summed E-state index contributed by atoms with van der Waals surface area (Å²) in [6.07, 6.45) is 2.14. The highest BCUT2D eigenvalue weighted by Crippen LogP contribution is 2.48. The lowest BCUT2D eigenvalue weighted by Crippen LogP contribution is -2.35. The van der Waals surface area contributed by atoms with E-state index in [1.54, 1.807) is 12.1 Å². The zero-order valence-electron chi connectivity index (χ0n) is 18.3. The molecule has 1 saturated heterocycles. The van der Waals surface area contributed by atoms with Crippen LogP contribution in [0, 0.1) is 5.92 Å². The summed E-state index contributed by atoms with van der Waals surface area (Å²) in [5.74, 6) is -3.97. The fourth-order valence-electron chi connectivity index (χ4n) is 3.83. The van der Waals surface area contributed by atoms with Gasteiger partial charge in [0.15, 0.2) is 5.78 Å². The Morgan fingerprint density at radius 2 is 1.91 bits per heavy atom. The molecular weight excluding hydrogens is 434 g/mol. The van der Waals surface area contributed by atoms with Crippen molar-refractivity contribution >= 4 is 17.6 Å². The number of anilines is 1. The number of Topliss-reactive ketones (excluding diaryl/α,β-unsaturated/α-hetero) is 1. The number of halogens is 2. The van der Waals surface area contributed by atoms with Crippen LogP contribution < -0.4 is 15.4 Å². The van der Waals surface area contributed by atoms with Gasteiger partial charge in [-0.05, 0) is 31.4 Å². The number of piperidine rings is 1. The van der Waals surface area contributed by atoms with Gasteiger partial charge >= 0.3 is 6.01 Å². The van der Waals surface area contributed by atoms with Crippen LogP contribution in [0.3, 0.4) is 0 Å². The molecule has 1 amide bonds. The molecule has 176 valence electrons. The fraction of sp³-hybridized carbons (Fsp3) is 0.545. The molecule has 1 atom stereocenters. The number of amides is 1. The van der Waals surface area contributed by atoms with E-state index >= 15 is 0 Å². The smallest absolute Gasteiger partial charge is 0.321 e. The largest absolute Gasteiger partial charge is 0.463 e. The van der Waals surface area contributed by atoms with E-state index < -0.39 is 17.7 Å². The van der Waals surface area contributed by atoms with Gasteiger partial charge < -0.3 is 15.4 Å². The van der Waals surface area contributed by atoms with Crippen LogP contribution in [0.4, 0.5) is 14.7 Å². The van der Waals surface area contributed by atoms with Crippen LogP contribution in [0.2, 0.25) is 0 Å². The summed E-state index contributed by atoms with van der Waals surface area (Å²) in [6.45, 7) is 2.83. The summed E-state index contributed by atoms with van der Waals surface area (Å²) in [4.78, 5) is 42.8. The zero-order chi connectivity index (χ0) is 23.6. The highest BCUT2D eigenvalue weighted by molar-refractivity contribution is 5.92. The average Bonchev–Trinajstić information content (AvgIpc) is 3.44. The molecule has 2 N–H and O–H groups in total. The summed E-state index contributed by atoms with van der Waals surface area (Å²) < 4.78 is 31.8. The molecule has 11 heteroatoms. The van der Waals surface area contributed by atoms with E-state index in [4.69, 9.17) is 10.5 Å². The monoisotopic (exact) mass is 460 g/mol. The Balaban J connectivity index is 1.47. The molecule has 4 rings (SSSR count). The van der Waals surface area contributed by atoms with Gasteiger partial charge in [-0.3, -0.25) is 9.59 Å². The SMILES string of the molecule is CCCC(=O)c1nc(OCC2CC2(F)F)nc(N2CCC(c3cccc(C(N)=O)n3)CC2)n1. The number of hydrogen-bond acceptors (Lipinski definition) is 8. The Morgan fingerprint density at radius 3 is 2.55 bits per heavy atom. The third-order valence-corrected chi connectivity index (χ3v) is 5.92. The van der Waals surface area contributed by atoms with Crippen LogP contribution in [0.1, 0.15) is 71.7 Å². The van der Waals surface area contributed by atoms with Crippen molar-refractivity contribution in [1.82, 2.24) is 19.9 Å². The first kappa shape index (κ1) is 22.9. The molecule has 3 heterocycles. The number of carbonyl (C=O) groups excluding carboxylic acids is 2. The Hall–Kier alpha value is -3.24. The Morgan fingerprint density at radius 1 is 1.18 bits per heavy atom. The lowest BCUT2D eigenvalue weighted by molar-refractivity contribution is 0.0837. The number of alkyl halides is 2. The predicted molar refractivity (Wildman–Crippen MR) is 115 cm³/mol. The number of primary amides is 1. The maximum absolute atomic E-state index is 13.2. The number of nitrogens with zero attached hydrogens (tertiary/aromatic N) is 5. The minimum Gasteiger partial charge on any atom is -0.463 e. The predicted octanol–water partition coefficient (Wildman–Crippen LogP) is 2.77. The standard InChI is InChI=1S/C22H26F2N6O3/c1-2-4-17(31)19-27-20(29-21(28-19)33-12-14-11-22(14,23)24)30-9-7-13(8-10-30)15-5-3-6-16(26-15)18(25)32/h3,5-6,13-14H,2,4,7-12H2,1H3,(H2,25,32). The van der Waals surface area contributed by atoms with Gasteiger partial charge in [0.05, 0.1) is 5.92 Å². The van der Waals surface area contributed by atoms with Crippen molar-refractivity contribution in [3.63, 3.8) is 0 Å². The van der Waals surface area contributed by atoms with Crippen molar-refractivity contribution < 1.29 is 23.1 Å². The first-order valence-electron chi connectivity index (χ1n) is 11.1. The molecule has 9 nitrogen and oxygen atoms in total. The molecule has 0 radical (unpaired) electrons. The average molecular weight is 460 g/mol. The van der Waals surface area contributed by atoms with Gasteiger partial charge in [0.1, 0.15) is 12.3 Å². The van der Waals surface area contributed by atoms with Crippen LogP contribution in [0.15, 0.2) is 18.2 Å². The first-order chi connectivity index (χ1) is 15.8. The maximum Gasteiger partial charge on any atom is 0.321 e. The number of aromatic nitrogens is 4. The van der Waals surface area contributed by atoms with E-state index in [2.05, 4.69) is 19.9 Å². The zero-order valence-corrected chi connectivity index (χ0v) is 18.3. The van der Waals surface area contributed by atoms with Crippen molar-refractivity contribution in [2.45, 2.75) is 50.9 Å². The normalized spacial score (nSPS) is 19.8. The quantitative estimate of drug-likeness (QED) is 0.567. The molecule has 2 aromatic rings. The van der Waals surface area contributed by atoms with Gasteiger partial charge in [-0.1, -0.05) is 13.0 Å². The van der Waals surface area contributed by atoms with E-state index in [1.807, 2.05) is 17.9 Å². The van der Waals surface area contributed by atoms with Crippen LogP contribution in [-0.2, 0) is 0 Å². The second kappa shape index (κ2) is 9.32. The minimum atomic E-state index is -2.71. The van der Waals surface area contributed by atoms with Crippen molar-refractivity contribution in [2.24, 2.45) is 11.7 Å². The highest BCUT2D eigenvalue weighted by Gasteiger charge is 2.57. The fourth-order valence-corrected chi connectivity index (χ4v) is 3.83. The van der Waals surface area contributed by atoms with E-state index in [9.17, 15) is 18.4 Å². The van der Waals surface area contributed by atoms with Gasteiger partial charge in [0.2, 0.25) is 11.8 Å². The molecule has 33 heavy (non-hydrogen) atoms. The second-order valence-electron chi connectivity index (χ2n) is 8.46. The van der Waals surface area contributed by atoms with Gasteiger partial charge in [-0.15, -0.1) is 0 Å². The molecule has 1 unspecified atom stereocenters. The van der Waals surface area contributed by atoms with E-state index in [-0.39, 0.29) is 48.7 Å². The summed E-state index contributed by atoms with van der Waals surface area (Å²) in [7, 11) is 0. The maximum atomic E-state index is 13.2. The van der Waals surface area contributed by atoms with Crippen molar-refractivity contribution in [3.05, 3.63) is 35.4 Å². The molecule has 1 aliphatic carbocycles. The molecule has 2 aromatic heterocycles. The lowest BCUT2D eigenvalue weighted by Gasteiger charge is -2.31. The third-order valence-electron chi connectivity index (χ3n) is 5.92. The molecule has 2 aliphatic rings. The molecule has 0 spiro atoms. The number of nitrogens with two attached hydrogens (primary N) is 1. The number of pyridine rings is 1. The lowest BCUT2D eigenvalue weighted by atomic mass is 9.93. The van der Waals surface area contributed by atoms with Crippen LogP contribution in [-0.4, -0.2) is 57.2 Å². The third kappa shape index (κ3) is 5.40. The summed E-state index contributed by atoms with van der Waals surface area (Å²) >= 11 is 0. The number of carbonyl (C=O) groups is 2. The molecule has 2 fully saturated rings. The molecular formula is C22H26F2N6O3. The number of ketones is 1. The second-order valence-corrected chi connectivity index (χ2v) is 8.46. The molecule has 1 aliphatic heterocycles. The Labute approximate surface area is 189 Å². The van der Waals surface area contributed by atoms with Crippen LogP contribution in [0.5, 0.6) is 6.01 Å². The minimum absolute atomic E-state index is 0.0163. The van der Waals surface area contributed by atoms with Gasteiger partial charge in [-0.25, -0.2) is 13.8 Å². The van der Waals surface area contributed by atoms with E-state index in [0.29, 0.717) is 25.5 Å². The molecule has 1 saturated carbocycles. The van der Waals surface area contributed by atoms with Crippen molar-refractivity contribution in [2.75, 3.05) is 24.6 Å². The number of ether oxygens (including phenoxy) is 1. The van der Waals surface area contributed by atoms with Gasteiger partial charge in [0.25, 0.3) is 11.8 Å². The van der Waals surface area contributed by atoms with Crippen LogP contribution >= 0.6 is 0 Å². The van der Waals surface area contributed by atoms with Crippen molar-refractivity contribution in [1.29, 1.82) is 0 Å². The van der Waals surface area contributed by atoms with Gasteiger partial charge in [-0.2, -0.15) is 15.0 Å². The van der Waals surface area contributed by atoms with Gasteiger partial charge in [0, 0.05) is 37.5 Å².